The molecule has 0 unspecified atom stereocenters. The Bertz CT molecular complexity index is 746. The summed E-state index contributed by atoms with van der Waals surface area (Å²) in [6.07, 6.45) is 47.8. The Kier molecular flexibility index (Phi) is 126. The largest absolute Gasteiger partial charge is 0.466 e. The van der Waals surface area contributed by atoms with E-state index in [2.05, 4.69) is 60.1 Å². The number of unbranched alkanes of at least 4 members (excludes halogenated alkanes) is 24. The molecule has 2 nitrogen and oxygen atoms in total. The van der Waals surface area contributed by atoms with E-state index in [0.717, 1.165) is 51.4 Å². The lowest BCUT2D eigenvalue weighted by Gasteiger charge is -1.98. The minimum Gasteiger partial charge on any atom is -0.466 e. The van der Waals surface area contributed by atoms with Crippen LogP contribution in [0.15, 0.2) is 0 Å². The highest BCUT2D eigenvalue weighted by Crippen LogP contribution is 2.18. The standard InChI is InChI=1S/8C7H14Cl2.C4H8O2/c8*1-2-3-4-5-6-7(8)9;1-3-6-4(2)5/h8*7H,2-6H2,1H3;3H2,1-2H3. The molecule has 0 aromatic rings. The zero-order valence-electron chi connectivity index (χ0n) is 51.0. The molecular weight excluding hydrogens is 1320 g/mol. The molecule has 0 aromatic carbocycles. The van der Waals surface area contributed by atoms with Gasteiger partial charge in [0.1, 0.15) is 38.7 Å². The van der Waals surface area contributed by atoms with Gasteiger partial charge >= 0.3 is 5.97 Å². The predicted octanol–water partition coefficient (Wildman–Crippen LogP) is 30.7. The number of carbonyl (C=O) groups excluding carboxylic acids is 1. The Morgan fingerprint density at radius 3 is 0.397 bits per heavy atom. The Morgan fingerprint density at radius 1 is 0.231 bits per heavy atom. The topological polar surface area (TPSA) is 26.3 Å². The third kappa shape index (κ3) is 165. The molecule has 0 amide bonds. The molecule has 0 atom stereocenters. The SMILES string of the molecule is CCCCCCC(Cl)Cl.CCCCCCC(Cl)Cl.CCCCCCC(Cl)Cl.CCCCCCC(Cl)Cl.CCCCCCC(Cl)Cl.CCCCCCC(Cl)Cl.CCCCCCC(Cl)Cl.CCCCCCC(Cl)Cl.CCOC(C)=O. The van der Waals surface area contributed by atoms with Gasteiger partial charge in [0.25, 0.3) is 0 Å². The highest BCUT2D eigenvalue weighted by Gasteiger charge is 2.01. The summed E-state index contributed by atoms with van der Waals surface area (Å²) in [7, 11) is 0. The van der Waals surface area contributed by atoms with E-state index in [9.17, 15) is 4.79 Å². The summed E-state index contributed by atoms with van der Waals surface area (Å²) in [5.41, 5.74) is 0. The van der Waals surface area contributed by atoms with Gasteiger partial charge in [0.15, 0.2) is 0 Å². The normalized spacial score (nSPS) is 10.4. The average Bonchev–Trinajstić information content (AvgIpc) is 3.36. The Balaban J connectivity index is -0.0000000983. The Morgan fingerprint density at radius 2 is 0.346 bits per heavy atom. The lowest BCUT2D eigenvalue weighted by Crippen LogP contribution is -1.95. The zero-order chi connectivity index (χ0) is 61.9. The predicted molar refractivity (Wildman–Crippen MR) is 376 cm³/mol. The number of alkyl halides is 16. The number of halogens is 16. The van der Waals surface area contributed by atoms with Crippen LogP contribution in [-0.2, 0) is 9.53 Å². The lowest BCUT2D eigenvalue weighted by atomic mass is 10.2. The van der Waals surface area contributed by atoms with Crippen LogP contribution in [0.2, 0.25) is 0 Å². The van der Waals surface area contributed by atoms with Gasteiger partial charge in [0.05, 0.1) is 6.61 Å². The smallest absolute Gasteiger partial charge is 0.302 e. The van der Waals surface area contributed by atoms with Gasteiger partial charge in [0.2, 0.25) is 0 Å². The van der Waals surface area contributed by atoms with Crippen LogP contribution in [0, 0.1) is 0 Å². The summed E-state index contributed by atoms with van der Waals surface area (Å²) in [4.78, 5) is 8.61. The van der Waals surface area contributed by atoms with E-state index in [1.54, 1.807) is 6.92 Å². The van der Waals surface area contributed by atoms with E-state index in [0.29, 0.717) is 6.61 Å². The first-order valence-electron chi connectivity index (χ1n) is 30.3. The summed E-state index contributed by atoms with van der Waals surface area (Å²) in [6, 6.07) is 0. The van der Waals surface area contributed by atoms with E-state index >= 15 is 0 Å². The second-order valence-electron chi connectivity index (χ2n) is 18.8. The summed E-state index contributed by atoms with van der Waals surface area (Å²) < 4.78 is 4.40. The van der Waals surface area contributed by atoms with Crippen molar-refractivity contribution in [1.82, 2.24) is 0 Å². The third-order valence-corrected chi connectivity index (χ3v) is 14.0. The van der Waals surface area contributed by atoms with Crippen molar-refractivity contribution in [1.29, 1.82) is 0 Å². The maximum atomic E-state index is 9.82. The second kappa shape index (κ2) is 97.4. The molecule has 0 spiro atoms. The molecule has 78 heavy (non-hydrogen) atoms. The number of esters is 1. The van der Waals surface area contributed by atoms with Crippen LogP contribution in [0.1, 0.15) is 326 Å². The molecule has 18 heteroatoms. The summed E-state index contributed by atoms with van der Waals surface area (Å²) in [5.74, 6) is -0.211. The van der Waals surface area contributed by atoms with Gasteiger partial charge in [-0.05, 0) is 58.3 Å². The molecule has 0 heterocycles. The molecular formula is C60H120Cl16O2. The first-order chi connectivity index (χ1) is 36.9. The molecule has 0 aromatic heterocycles. The highest BCUT2D eigenvalue weighted by atomic mass is 35.6. The quantitative estimate of drug-likeness (QED) is 0.0346. The molecule has 0 saturated heterocycles. The number of ether oxygens (including phenoxy) is 1. The lowest BCUT2D eigenvalue weighted by molar-refractivity contribution is -0.140. The van der Waals surface area contributed by atoms with Crippen LogP contribution in [0.25, 0.3) is 0 Å². The van der Waals surface area contributed by atoms with Gasteiger partial charge in [-0.1, -0.05) is 261 Å². The van der Waals surface area contributed by atoms with Crippen molar-refractivity contribution in [2.45, 2.75) is 365 Å². The maximum absolute atomic E-state index is 9.82. The fraction of sp³-hybridized carbons (Fsp3) is 0.983. The monoisotopic (exact) mass is 1430 g/mol. The molecule has 0 aliphatic rings. The van der Waals surface area contributed by atoms with Crippen molar-refractivity contribution in [2.75, 3.05) is 6.61 Å². The first kappa shape index (κ1) is 101. The second-order valence-corrected chi connectivity index (χ2v) is 29.1. The molecule has 0 aliphatic carbocycles. The van der Waals surface area contributed by atoms with Crippen molar-refractivity contribution < 1.29 is 9.53 Å². The molecule has 0 N–H and O–H groups in total. The van der Waals surface area contributed by atoms with E-state index < -0.39 is 0 Å². The molecule has 0 fully saturated rings. The van der Waals surface area contributed by atoms with Crippen molar-refractivity contribution in [2.24, 2.45) is 0 Å². The highest BCUT2D eigenvalue weighted by molar-refractivity contribution is 6.46. The molecule has 0 radical (unpaired) electrons. The van der Waals surface area contributed by atoms with Crippen LogP contribution in [0.5, 0.6) is 0 Å². The van der Waals surface area contributed by atoms with Gasteiger partial charge < -0.3 is 4.74 Å². The Labute approximate surface area is 566 Å². The van der Waals surface area contributed by atoms with Crippen LogP contribution < -0.4 is 0 Å². The average molecular weight is 1440 g/mol. The van der Waals surface area contributed by atoms with Gasteiger partial charge in [-0.25, -0.2) is 0 Å². The fourth-order valence-electron chi connectivity index (χ4n) is 6.01. The van der Waals surface area contributed by atoms with Crippen LogP contribution >= 0.6 is 186 Å². The minimum atomic E-state index is -0.211. The van der Waals surface area contributed by atoms with Crippen LogP contribution in [0.4, 0.5) is 0 Å². The van der Waals surface area contributed by atoms with Gasteiger partial charge in [-0.2, -0.15) is 0 Å². The summed E-state index contributed by atoms with van der Waals surface area (Å²) in [6.45, 7) is 21.2. The Hall–Kier alpha value is 4.11. The minimum absolute atomic E-state index is 0.151. The number of hydrogen-bond donors (Lipinski definition) is 0. The summed E-state index contributed by atoms with van der Waals surface area (Å²) in [5, 5.41) is 0. The third-order valence-electron chi connectivity index (χ3n) is 10.6. The van der Waals surface area contributed by atoms with Crippen LogP contribution in [0.3, 0.4) is 0 Å². The number of carbonyl (C=O) groups is 1. The van der Waals surface area contributed by atoms with Gasteiger partial charge in [-0.3, -0.25) is 4.79 Å². The maximum Gasteiger partial charge on any atom is 0.302 e. The van der Waals surface area contributed by atoms with Crippen molar-refractivity contribution in [3.05, 3.63) is 0 Å². The summed E-state index contributed by atoms with van der Waals surface area (Å²) >= 11 is 88.4. The van der Waals surface area contributed by atoms with Gasteiger partial charge in [0, 0.05) is 6.92 Å². The molecule has 0 rings (SSSR count). The molecule has 0 aliphatic heterocycles. The van der Waals surface area contributed by atoms with E-state index in [4.69, 9.17) is 186 Å². The molecule has 0 saturated carbocycles. The molecule has 484 valence electrons. The van der Waals surface area contributed by atoms with Crippen molar-refractivity contribution in [3.63, 3.8) is 0 Å². The van der Waals surface area contributed by atoms with Crippen molar-refractivity contribution in [3.8, 4) is 0 Å². The fourth-order valence-corrected chi connectivity index (χ4v) is 8.48. The van der Waals surface area contributed by atoms with Crippen LogP contribution in [-0.4, -0.2) is 51.3 Å². The van der Waals surface area contributed by atoms with Gasteiger partial charge in [-0.15, -0.1) is 186 Å². The van der Waals surface area contributed by atoms with Crippen molar-refractivity contribution >= 4 is 192 Å². The number of hydrogen-bond acceptors (Lipinski definition) is 2. The first-order valence-corrected chi connectivity index (χ1v) is 37.3. The van der Waals surface area contributed by atoms with E-state index in [1.807, 2.05) is 0 Å². The zero-order valence-corrected chi connectivity index (χ0v) is 63.1. The van der Waals surface area contributed by atoms with E-state index in [1.165, 1.54) is 212 Å². The number of rotatable bonds is 41. The molecule has 0 bridgehead atoms. The van der Waals surface area contributed by atoms with E-state index in [-0.39, 0.29) is 44.7 Å².